The van der Waals surface area contributed by atoms with E-state index in [-0.39, 0.29) is 0 Å². The molecule has 2 heteroatoms. The summed E-state index contributed by atoms with van der Waals surface area (Å²) in [6, 6.07) is 0. The lowest BCUT2D eigenvalue weighted by atomic mass is 9.70. The Balaban J connectivity index is 1.88. The van der Waals surface area contributed by atoms with Crippen LogP contribution in [-0.4, -0.2) is 24.8 Å². The third-order valence-electron chi connectivity index (χ3n) is 3.76. The fourth-order valence-corrected chi connectivity index (χ4v) is 2.69. The lowest BCUT2D eigenvalue weighted by molar-refractivity contribution is 0.121. The number of nitrogens with one attached hydrogen (secondary N) is 1. The number of hydrogen-bond acceptors (Lipinski definition) is 2. The Morgan fingerprint density at radius 1 is 1.25 bits per heavy atom. The van der Waals surface area contributed by atoms with Crippen LogP contribution in [0.3, 0.4) is 0 Å². The normalized spacial score (nSPS) is 42.2. The minimum atomic E-state index is 0.406. The van der Waals surface area contributed by atoms with E-state index in [1.807, 2.05) is 0 Å². The van der Waals surface area contributed by atoms with Gasteiger partial charge in [-0.25, -0.2) is 0 Å². The third-order valence-corrected chi connectivity index (χ3v) is 3.76. The summed E-state index contributed by atoms with van der Waals surface area (Å²) in [6.07, 6.45) is 6.54. The van der Waals surface area contributed by atoms with Gasteiger partial charge in [-0.3, -0.25) is 0 Å². The molecule has 2 N–H and O–H groups in total. The van der Waals surface area contributed by atoms with Crippen molar-refractivity contribution in [3.8, 4) is 0 Å². The molecule has 1 saturated carbocycles. The maximum Gasteiger partial charge on any atom is 0.0459 e. The quantitative estimate of drug-likeness (QED) is 0.617. The maximum atomic E-state index is 9.01. The molecule has 1 heterocycles. The highest BCUT2D eigenvalue weighted by Gasteiger charge is 2.37. The number of aliphatic hydroxyl groups is 1. The van der Waals surface area contributed by atoms with Gasteiger partial charge in [0.15, 0.2) is 0 Å². The molecule has 0 radical (unpaired) electrons. The van der Waals surface area contributed by atoms with Crippen molar-refractivity contribution >= 4 is 0 Å². The van der Waals surface area contributed by atoms with E-state index in [1.54, 1.807) is 0 Å². The first-order chi connectivity index (χ1) is 5.85. The molecular weight excluding hydrogens is 150 g/mol. The maximum absolute atomic E-state index is 9.01. The van der Waals surface area contributed by atoms with Crippen LogP contribution in [-0.2, 0) is 0 Å². The first kappa shape index (κ1) is 8.52. The molecular formula is C10H19NO. The minimum absolute atomic E-state index is 0.406. The summed E-state index contributed by atoms with van der Waals surface area (Å²) in [6.45, 7) is 2.85. The summed E-state index contributed by atoms with van der Waals surface area (Å²) in [4.78, 5) is 0. The first-order valence-electron chi connectivity index (χ1n) is 5.16. The molecule has 1 aliphatic carbocycles. The van der Waals surface area contributed by atoms with Crippen LogP contribution in [0.5, 0.6) is 0 Å². The van der Waals surface area contributed by atoms with Gasteiger partial charge in [0.2, 0.25) is 0 Å². The van der Waals surface area contributed by atoms with Gasteiger partial charge in [-0.15, -0.1) is 0 Å². The lowest BCUT2D eigenvalue weighted by Crippen LogP contribution is -2.30. The first-order valence-corrected chi connectivity index (χ1v) is 5.16. The molecule has 0 aromatic rings. The predicted molar refractivity (Wildman–Crippen MR) is 49.0 cm³/mol. The van der Waals surface area contributed by atoms with Crippen molar-refractivity contribution in [1.29, 1.82) is 0 Å². The summed E-state index contributed by atoms with van der Waals surface area (Å²) in [7, 11) is 0. The van der Waals surface area contributed by atoms with Crippen LogP contribution >= 0.6 is 0 Å². The van der Waals surface area contributed by atoms with Gasteiger partial charge in [-0.05, 0) is 50.0 Å². The predicted octanol–water partition coefficient (Wildman–Crippen LogP) is 1.15. The Labute approximate surface area is 74.4 Å². The molecule has 0 amide bonds. The number of hydrogen-bond donors (Lipinski definition) is 2. The highest BCUT2D eigenvalue weighted by Crippen LogP contribution is 2.42. The Morgan fingerprint density at radius 3 is 2.50 bits per heavy atom. The fraction of sp³-hybridized carbons (Fsp3) is 1.00. The third kappa shape index (κ3) is 1.50. The fourth-order valence-electron chi connectivity index (χ4n) is 2.69. The zero-order chi connectivity index (χ0) is 8.44. The van der Waals surface area contributed by atoms with Crippen LogP contribution in [0.25, 0.3) is 0 Å². The standard InChI is InChI=1S/C10H19NO/c12-7-9-1-3-10(4-2-9)5-6-11-8-10/h9,11-12H,1-8H2. The molecule has 0 aromatic heterocycles. The van der Waals surface area contributed by atoms with Crippen molar-refractivity contribution in [3.63, 3.8) is 0 Å². The minimum Gasteiger partial charge on any atom is -0.396 e. The molecule has 2 fully saturated rings. The smallest absolute Gasteiger partial charge is 0.0459 e. The van der Waals surface area contributed by atoms with E-state index in [0.717, 1.165) is 0 Å². The second-order valence-electron chi connectivity index (χ2n) is 4.55. The molecule has 70 valence electrons. The van der Waals surface area contributed by atoms with E-state index < -0.39 is 0 Å². The van der Waals surface area contributed by atoms with Gasteiger partial charge in [0.05, 0.1) is 0 Å². The molecule has 1 aliphatic heterocycles. The van der Waals surface area contributed by atoms with E-state index in [4.69, 9.17) is 5.11 Å². The van der Waals surface area contributed by atoms with Gasteiger partial charge in [0.1, 0.15) is 0 Å². The average Bonchev–Trinajstić information content (AvgIpc) is 2.55. The van der Waals surface area contributed by atoms with E-state index in [1.165, 1.54) is 45.2 Å². The molecule has 0 bridgehead atoms. The summed E-state index contributed by atoms with van der Waals surface area (Å²) in [5, 5.41) is 12.5. The van der Waals surface area contributed by atoms with Gasteiger partial charge in [0, 0.05) is 13.2 Å². The second-order valence-corrected chi connectivity index (χ2v) is 4.55. The zero-order valence-corrected chi connectivity index (χ0v) is 7.68. The Morgan fingerprint density at radius 2 is 2.00 bits per heavy atom. The van der Waals surface area contributed by atoms with Gasteiger partial charge in [0.25, 0.3) is 0 Å². The highest BCUT2D eigenvalue weighted by atomic mass is 16.3. The molecule has 12 heavy (non-hydrogen) atoms. The Bertz CT molecular complexity index is 142. The van der Waals surface area contributed by atoms with Gasteiger partial charge >= 0.3 is 0 Å². The Hall–Kier alpha value is -0.0800. The number of rotatable bonds is 1. The summed E-state index contributed by atoms with van der Waals surface area (Å²) < 4.78 is 0. The average molecular weight is 169 g/mol. The van der Waals surface area contributed by atoms with E-state index >= 15 is 0 Å². The molecule has 1 saturated heterocycles. The largest absolute Gasteiger partial charge is 0.396 e. The summed E-state index contributed by atoms with van der Waals surface area (Å²) in [5.41, 5.74) is 0.631. The van der Waals surface area contributed by atoms with Crippen molar-refractivity contribution in [2.45, 2.75) is 32.1 Å². The van der Waals surface area contributed by atoms with E-state index in [0.29, 0.717) is 17.9 Å². The van der Waals surface area contributed by atoms with E-state index in [9.17, 15) is 0 Å². The molecule has 0 atom stereocenters. The molecule has 2 aliphatic rings. The zero-order valence-electron chi connectivity index (χ0n) is 7.68. The van der Waals surface area contributed by atoms with Crippen LogP contribution in [0.1, 0.15) is 32.1 Å². The van der Waals surface area contributed by atoms with Gasteiger partial charge in [-0.2, -0.15) is 0 Å². The topological polar surface area (TPSA) is 32.3 Å². The lowest BCUT2D eigenvalue weighted by Gasteiger charge is -2.35. The van der Waals surface area contributed by atoms with Gasteiger partial charge < -0.3 is 10.4 Å². The van der Waals surface area contributed by atoms with Crippen molar-refractivity contribution in [1.82, 2.24) is 5.32 Å². The van der Waals surface area contributed by atoms with Crippen LogP contribution < -0.4 is 5.32 Å². The number of aliphatic hydroxyl groups excluding tert-OH is 1. The SMILES string of the molecule is OCC1CCC2(CCNC2)CC1. The van der Waals surface area contributed by atoms with E-state index in [2.05, 4.69) is 5.32 Å². The molecule has 0 aromatic carbocycles. The highest BCUT2D eigenvalue weighted by molar-refractivity contribution is 4.91. The van der Waals surface area contributed by atoms with Crippen molar-refractivity contribution in [3.05, 3.63) is 0 Å². The van der Waals surface area contributed by atoms with Crippen molar-refractivity contribution in [2.24, 2.45) is 11.3 Å². The molecule has 0 unspecified atom stereocenters. The molecule has 2 nitrogen and oxygen atoms in total. The summed E-state index contributed by atoms with van der Waals surface area (Å²) >= 11 is 0. The van der Waals surface area contributed by atoms with Crippen LogP contribution in [0, 0.1) is 11.3 Å². The van der Waals surface area contributed by atoms with Crippen LogP contribution in [0.2, 0.25) is 0 Å². The van der Waals surface area contributed by atoms with Crippen LogP contribution in [0.15, 0.2) is 0 Å². The van der Waals surface area contributed by atoms with Crippen LogP contribution in [0.4, 0.5) is 0 Å². The Kier molecular flexibility index (Phi) is 2.37. The second kappa shape index (κ2) is 3.35. The molecule has 1 spiro atoms. The summed E-state index contributed by atoms with van der Waals surface area (Å²) in [5.74, 6) is 0.608. The monoisotopic (exact) mass is 169 g/mol. The molecule has 2 rings (SSSR count). The van der Waals surface area contributed by atoms with Crippen molar-refractivity contribution in [2.75, 3.05) is 19.7 Å². The van der Waals surface area contributed by atoms with Gasteiger partial charge in [-0.1, -0.05) is 0 Å². The van der Waals surface area contributed by atoms with Crippen molar-refractivity contribution < 1.29 is 5.11 Å².